The van der Waals surface area contributed by atoms with Crippen LogP contribution >= 0.6 is 23.2 Å². The van der Waals surface area contributed by atoms with Gasteiger partial charge in [0.15, 0.2) is 4.84 Å². The highest BCUT2D eigenvalue weighted by atomic mass is 35.5. The first-order valence-electron chi connectivity index (χ1n) is 5.12. The molecular weight excluding hydrogens is 277 g/mol. The van der Waals surface area contributed by atoms with Crippen molar-refractivity contribution in [2.45, 2.75) is 11.3 Å². The standard InChI is InChI=1S/C11H9Cl2N3O2/c12-10(13)11(18)14-8-6-9(17)16(15-8)7-4-2-1-3-5-7/h1-5,10H,6H2,(H,14,15,18). The topological polar surface area (TPSA) is 61.8 Å². The lowest BCUT2D eigenvalue weighted by Gasteiger charge is -2.10. The Hall–Kier alpha value is -1.59. The summed E-state index contributed by atoms with van der Waals surface area (Å²) in [5.74, 6) is -0.586. The zero-order valence-corrected chi connectivity index (χ0v) is 10.6. The van der Waals surface area contributed by atoms with Crippen LogP contribution in [0.1, 0.15) is 6.42 Å². The zero-order valence-electron chi connectivity index (χ0n) is 9.14. The maximum atomic E-state index is 11.7. The van der Waals surface area contributed by atoms with Crippen LogP contribution in [-0.2, 0) is 9.59 Å². The molecule has 1 aromatic carbocycles. The predicted molar refractivity (Wildman–Crippen MR) is 69.6 cm³/mol. The summed E-state index contributed by atoms with van der Waals surface area (Å²) in [5, 5.41) is 7.64. The largest absolute Gasteiger partial charge is 0.310 e. The van der Waals surface area contributed by atoms with Gasteiger partial charge in [-0.05, 0) is 12.1 Å². The number of hydrogen-bond donors (Lipinski definition) is 1. The molecule has 7 heteroatoms. The van der Waals surface area contributed by atoms with Crippen molar-refractivity contribution in [3.05, 3.63) is 30.3 Å². The lowest BCUT2D eigenvalue weighted by Crippen LogP contribution is -2.33. The van der Waals surface area contributed by atoms with Crippen LogP contribution in [-0.4, -0.2) is 22.5 Å². The Balaban J connectivity index is 2.13. The Kier molecular flexibility index (Phi) is 3.84. The van der Waals surface area contributed by atoms with Crippen molar-refractivity contribution in [3.63, 3.8) is 0 Å². The van der Waals surface area contributed by atoms with E-state index >= 15 is 0 Å². The number of benzene rings is 1. The van der Waals surface area contributed by atoms with E-state index in [1.54, 1.807) is 24.3 Å². The SMILES string of the molecule is O=C(NC1=NN(c2ccccc2)C(=O)C1)C(Cl)Cl. The van der Waals surface area contributed by atoms with E-state index in [2.05, 4.69) is 10.4 Å². The minimum atomic E-state index is -1.19. The Morgan fingerprint density at radius 1 is 1.33 bits per heavy atom. The van der Waals surface area contributed by atoms with Gasteiger partial charge in [-0.25, -0.2) is 0 Å². The third kappa shape index (κ3) is 2.80. The van der Waals surface area contributed by atoms with Crippen LogP contribution in [0.5, 0.6) is 0 Å². The van der Waals surface area contributed by atoms with E-state index in [0.29, 0.717) is 5.69 Å². The molecule has 1 aliphatic rings. The maximum Gasteiger partial charge on any atom is 0.258 e. The summed E-state index contributed by atoms with van der Waals surface area (Å²) < 4.78 is 0. The fourth-order valence-electron chi connectivity index (χ4n) is 1.47. The van der Waals surface area contributed by atoms with Gasteiger partial charge in [-0.2, -0.15) is 10.1 Å². The molecular formula is C11H9Cl2N3O2. The van der Waals surface area contributed by atoms with Crippen molar-refractivity contribution in [1.29, 1.82) is 0 Å². The molecule has 0 aromatic heterocycles. The summed E-state index contributed by atoms with van der Waals surface area (Å²) in [6, 6.07) is 8.92. The Morgan fingerprint density at radius 3 is 2.61 bits per heavy atom. The molecule has 0 saturated carbocycles. The van der Waals surface area contributed by atoms with Gasteiger partial charge < -0.3 is 5.32 Å². The molecule has 1 aromatic rings. The van der Waals surface area contributed by atoms with Gasteiger partial charge in [0, 0.05) is 0 Å². The van der Waals surface area contributed by atoms with Gasteiger partial charge in [-0.15, -0.1) is 0 Å². The summed E-state index contributed by atoms with van der Waals surface area (Å²) in [6.07, 6.45) is 0.0150. The van der Waals surface area contributed by atoms with Crippen molar-refractivity contribution in [2.75, 3.05) is 5.01 Å². The van der Waals surface area contributed by atoms with Crippen LogP contribution in [0.2, 0.25) is 0 Å². The monoisotopic (exact) mass is 285 g/mol. The Labute approximate surface area is 113 Å². The van der Waals surface area contributed by atoms with Gasteiger partial charge in [-0.3, -0.25) is 9.59 Å². The normalized spacial score (nSPS) is 14.9. The minimum Gasteiger partial charge on any atom is -0.310 e. The van der Waals surface area contributed by atoms with Gasteiger partial charge in [0.05, 0.1) is 12.1 Å². The summed E-state index contributed by atoms with van der Waals surface area (Å²) in [5.41, 5.74) is 0.639. The van der Waals surface area contributed by atoms with E-state index in [0.717, 1.165) is 0 Å². The second kappa shape index (κ2) is 5.37. The summed E-state index contributed by atoms with van der Waals surface area (Å²) in [6.45, 7) is 0. The number of halogens is 2. The van der Waals surface area contributed by atoms with E-state index < -0.39 is 10.7 Å². The molecule has 0 aliphatic carbocycles. The first kappa shape index (κ1) is 12.9. The number of para-hydroxylation sites is 1. The fourth-order valence-corrected chi connectivity index (χ4v) is 1.58. The second-order valence-electron chi connectivity index (χ2n) is 3.55. The molecule has 1 heterocycles. The molecule has 0 radical (unpaired) electrons. The van der Waals surface area contributed by atoms with E-state index in [1.165, 1.54) is 5.01 Å². The Bertz CT molecular complexity index is 502. The molecule has 0 spiro atoms. The van der Waals surface area contributed by atoms with E-state index in [4.69, 9.17) is 23.2 Å². The van der Waals surface area contributed by atoms with Crippen LogP contribution in [0, 0.1) is 0 Å². The number of alkyl halides is 2. The number of carbonyl (C=O) groups is 2. The molecule has 0 unspecified atom stereocenters. The third-order valence-electron chi connectivity index (χ3n) is 2.24. The maximum absolute atomic E-state index is 11.7. The van der Waals surface area contributed by atoms with Crippen molar-refractivity contribution in [2.24, 2.45) is 5.10 Å². The third-order valence-corrected chi connectivity index (χ3v) is 2.64. The molecule has 5 nitrogen and oxygen atoms in total. The number of nitrogens with one attached hydrogen (secondary N) is 1. The number of carbonyl (C=O) groups excluding carboxylic acids is 2. The van der Waals surface area contributed by atoms with Gasteiger partial charge in [0.2, 0.25) is 0 Å². The van der Waals surface area contributed by atoms with E-state index in [9.17, 15) is 9.59 Å². The predicted octanol–water partition coefficient (Wildman–Crippen LogP) is 1.66. The van der Waals surface area contributed by atoms with Crippen molar-refractivity contribution < 1.29 is 9.59 Å². The second-order valence-corrected chi connectivity index (χ2v) is 4.65. The molecule has 0 bridgehead atoms. The van der Waals surface area contributed by atoms with Crippen LogP contribution in [0.4, 0.5) is 5.69 Å². The Morgan fingerprint density at radius 2 is 2.00 bits per heavy atom. The fraction of sp³-hybridized carbons (Fsp3) is 0.182. The summed E-state index contributed by atoms with van der Waals surface area (Å²) in [7, 11) is 0. The number of hydrogen-bond acceptors (Lipinski definition) is 3. The molecule has 0 atom stereocenters. The molecule has 0 saturated heterocycles. The molecule has 94 valence electrons. The quantitative estimate of drug-likeness (QED) is 0.840. The van der Waals surface area contributed by atoms with Crippen molar-refractivity contribution in [3.8, 4) is 0 Å². The average Bonchev–Trinajstić information content (AvgIpc) is 2.71. The van der Waals surface area contributed by atoms with Crippen LogP contribution < -0.4 is 10.3 Å². The lowest BCUT2D eigenvalue weighted by molar-refractivity contribution is -0.118. The highest BCUT2D eigenvalue weighted by molar-refractivity contribution is 6.54. The minimum absolute atomic E-state index is 0.0150. The van der Waals surface area contributed by atoms with Gasteiger partial charge in [0.1, 0.15) is 5.84 Å². The number of amidine groups is 1. The molecule has 2 amide bonds. The van der Waals surface area contributed by atoms with Crippen LogP contribution in [0.3, 0.4) is 0 Å². The van der Waals surface area contributed by atoms with Gasteiger partial charge >= 0.3 is 0 Å². The lowest BCUT2D eigenvalue weighted by atomic mass is 10.3. The molecule has 0 fully saturated rings. The number of hydrazone groups is 1. The smallest absolute Gasteiger partial charge is 0.258 e. The van der Waals surface area contributed by atoms with E-state index in [1.807, 2.05) is 6.07 Å². The molecule has 1 N–H and O–H groups in total. The molecule has 1 aliphatic heterocycles. The van der Waals surface area contributed by atoms with Gasteiger partial charge in [0.25, 0.3) is 11.8 Å². The zero-order chi connectivity index (χ0) is 13.1. The first-order valence-corrected chi connectivity index (χ1v) is 5.99. The summed E-state index contributed by atoms with van der Waals surface area (Å²) in [4.78, 5) is 21.8. The van der Waals surface area contributed by atoms with Crippen LogP contribution in [0.15, 0.2) is 35.4 Å². The van der Waals surface area contributed by atoms with Gasteiger partial charge in [-0.1, -0.05) is 41.4 Å². The number of nitrogens with zero attached hydrogens (tertiary/aromatic N) is 2. The average molecular weight is 286 g/mol. The van der Waals surface area contributed by atoms with Crippen molar-refractivity contribution >= 4 is 46.5 Å². The molecule has 2 rings (SSSR count). The number of anilines is 1. The highest BCUT2D eigenvalue weighted by Gasteiger charge is 2.27. The first-order chi connectivity index (χ1) is 8.58. The number of amides is 2. The summed E-state index contributed by atoms with van der Waals surface area (Å²) >= 11 is 10.8. The van der Waals surface area contributed by atoms with Crippen molar-refractivity contribution in [1.82, 2.24) is 5.32 Å². The van der Waals surface area contributed by atoms with E-state index in [-0.39, 0.29) is 18.2 Å². The van der Waals surface area contributed by atoms with Crippen LogP contribution in [0.25, 0.3) is 0 Å². The molecule has 18 heavy (non-hydrogen) atoms. The number of rotatable bonds is 2. The highest BCUT2D eigenvalue weighted by Crippen LogP contribution is 2.19.